The van der Waals surface area contributed by atoms with Crippen LogP contribution in [0.4, 0.5) is 26.7 Å². The van der Waals surface area contributed by atoms with Gasteiger partial charge in [0.1, 0.15) is 17.2 Å². The summed E-state index contributed by atoms with van der Waals surface area (Å²) >= 11 is 0. The van der Waals surface area contributed by atoms with Crippen molar-refractivity contribution in [3.63, 3.8) is 0 Å². The van der Waals surface area contributed by atoms with Crippen LogP contribution >= 0.6 is 0 Å². The first-order valence-corrected chi connectivity index (χ1v) is 9.05. The second-order valence-electron chi connectivity index (χ2n) is 7.12. The molecule has 13 heteroatoms. The summed E-state index contributed by atoms with van der Waals surface area (Å²) in [5.74, 6) is -2.61. The number of benzene rings is 2. The van der Waals surface area contributed by atoms with E-state index >= 15 is 0 Å². The third-order valence-electron chi connectivity index (χ3n) is 5.01. The highest BCUT2D eigenvalue weighted by Crippen LogP contribution is 2.32. The number of nitrogens with one attached hydrogen (secondary N) is 1. The van der Waals surface area contributed by atoms with Crippen LogP contribution in [0.25, 0.3) is 5.69 Å². The lowest BCUT2D eigenvalue weighted by Crippen LogP contribution is -2.41. The molecule has 8 nitrogen and oxygen atoms in total. The number of amides is 3. The van der Waals surface area contributed by atoms with E-state index in [2.05, 4.69) is 20.8 Å². The van der Waals surface area contributed by atoms with Crippen molar-refractivity contribution < 1.29 is 31.5 Å². The number of alkyl halides is 3. The largest absolute Gasteiger partial charge is 0.416 e. The molecule has 1 atom stereocenters. The number of carbonyl (C=O) groups excluding carboxylic acids is 2. The summed E-state index contributed by atoms with van der Waals surface area (Å²) in [5.41, 5.74) is -2.96. The Kier molecular flexibility index (Phi) is 4.90. The van der Waals surface area contributed by atoms with Gasteiger partial charge in [0.15, 0.2) is 5.82 Å². The SMILES string of the molecule is CC1(c2cc(F)ccc2F)NC(=O)N(Cc2nnnn2-c2ccc(C(F)(F)F)cc2)C1=O. The Morgan fingerprint density at radius 1 is 1.06 bits per heavy atom. The molecule has 32 heavy (non-hydrogen) atoms. The molecule has 1 aliphatic rings. The monoisotopic (exact) mass is 452 g/mol. The maximum atomic E-state index is 14.3. The quantitative estimate of drug-likeness (QED) is 0.486. The summed E-state index contributed by atoms with van der Waals surface area (Å²) in [6, 6.07) is 5.53. The lowest BCUT2D eigenvalue weighted by Gasteiger charge is -2.22. The Morgan fingerprint density at radius 2 is 1.75 bits per heavy atom. The van der Waals surface area contributed by atoms with Crippen LogP contribution in [0.1, 0.15) is 23.9 Å². The molecule has 1 aliphatic heterocycles. The van der Waals surface area contributed by atoms with Crippen LogP contribution in [0, 0.1) is 11.6 Å². The van der Waals surface area contributed by atoms with Gasteiger partial charge in [-0.05, 0) is 59.8 Å². The van der Waals surface area contributed by atoms with Crippen LogP contribution in [0.15, 0.2) is 42.5 Å². The first-order chi connectivity index (χ1) is 15.0. The van der Waals surface area contributed by atoms with Crippen molar-refractivity contribution in [1.82, 2.24) is 30.4 Å². The third-order valence-corrected chi connectivity index (χ3v) is 5.01. The molecule has 1 fully saturated rings. The minimum Gasteiger partial charge on any atom is -0.319 e. The number of rotatable bonds is 4. The number of tetrazole rings is 1. The molecule has 2 aromatic carbocycles. The van der Waals surface area contributed by atoms with Gasteiger partial charge >= 0.3 is 12.2 Å². The Morgan fingerprint density at radius 3 is 2.41 bits per heavy atom. The van der Waals surface area contributed by atoms with Gasteiger partial charge in [0.05, 0.1) is 17.8 Å². The van der Waals surface area contributed by atoms with Crippen LogP contribution in [-0.4, -0.2) is 37.0 Å². The summed E-state index contributed by atoms with van der Waals surface area (Å²) in [5, 5.41) is 13.2. The van der Waals surface area contributed by atoms with Gasteiger partial charge < -0.3 is 5.32 Å². The maximum Gasteiger partial charge on any atom is 0.416 e. The van der Waals surface area contributed by atoms with E-state index < -0.39 is 47.4 Å². The fraction of sp³-hybridized carbons (Fsp3) is 0.211. The number of hydrogen-bond acceptors (Lipinski definition) is 5. The molecule has 1 unspecified atom stereocenters. The molecule has 0 radical (unpaired) electrons. The smallest absolute Gasteiger partial charge is 0.319 e. The van der Waals surface area contributed by atoms with Gasteiger partial charge in [-0.25, -0.2) is 13.6 Å². The summed E-state index contributed by atoms with van der Waals surface area (Å²) in [4.78, 5) is 26.2. The van der Waals surface area contributed by atoms with Crippen LogP contribution in [0.5, 0.6) is 0 Å². The molecule has 166 valence electrons. The molecule has 1 aromatic heterocycles. The molecule has 3 aromatic rings. The zero-order valence-corrected chi connectivity index (χ0v) is 16.2. The maximum absolute atomic E-state index is 14.3. The first-order valence-electron chi connectivity index (χ1n) is 9.05. The summed E-state index contributed by atoms with van der Waals surface area (Å²) in [6.45, 7) is 0.759. The fourth-order valence-corrected chi connectivity index (χ4v) is 3.34. The van der Waals surface area contributed by atoms with Crippen molar-refractivity contribution in [3.8, 4) is 5.69 Å². The second-order valence-corrected chi connectivity index (χ2v) is 7.12. The molecule has 0 spiro atoms. The van der Waals surface area contributed by atoms with Gasteiger partial charge in [-0.2, -0.15) is 17.9 Å². The number of carbonyl (C=O) groups is 2. The molecule has 3 amide bonds. The lowest BCUT2D eigenvalue weighted by atomic mass is 9.91. The number of nitrogens with zero attached hydrogens (tertiary/aromatic N) is 5. The summed E-state index contributed by atoms with van der Waals surface area (Å²) < 4.78 is 67.3. The van der Waals surface area contributed by atoms with Crippen molar-refractivity contribution in [2.45, 2.75) is 25.2 Å². The number of hydrogen-bond donors (Lipinski definition) is 1. The van der Waals surface area contributed by atoms with Crippen LogP contribution in [0.2, 0.25) is 0 Å². The molecule has 4 rings (SSSR count). The zero-order valence-electron chi connectivity index (χ0n) is 16.2. The average molecular weight is 452 g/mol. The first kappa shape index (κ1) is 21.3. The normalized spacial score (nSPS) is 18.9. The van der Waals surface area contributed by atoms with Crippen molar-refractivity contribution >= 4 is 11.9 Å². The molecule has 0 saturated carbocycles. The minimum absolute atomic E-state index is 0.0442. The molecule has 0 aliphatic carbocycles. The number of aromatic nitrogens is 4. The lowest BCUT2D eigenvalue weighted by molar-refractivity contribution is -0.137. The Bertz CT molecular complexity index is 1210. The van der Waals surface area contributed by atoms with E-state index in [-0.39, 0.29) is 17.1 Å². The number of urea groups is 1. The predicted molar refractivity (Wildman–Crippen MR) is 96.9 cm³/mol. The van der Waals surface area contributed by atoms with E-state index in [1.54, 1.807) is 0 Å². The standard InChI is InChI=1S/C19H13F5N6O2/c1-18(13-8-11(20)4-7-14(13)21)16(31)29(17(32)25-18)9-15-26-27-28-30(15)12-5-2-10(3-6-12)19(22,23)24/h2-8H,9H2,1H3,(H,25,32). The van der Waals surface area contributed by atoms with E-state index in [0.29, 0.717) is 4.90 Å². The summed E-state index contributed by atoms with van der Waals surface area (Å²) in [6.07, 6.45) is -4.53. The fourth-order valence-electron chi connectivity index (χ4n) is 3.34. The van der Waals surface area contributed by atoms with Crippen molar-refractivity contribution in [3.05, 3.63) is 71.1 Å². The third kappa shape index (κ3) is 3.55. The van der Waals surface area contributed by atoms with E-state index in [0.717, 1.165) is 47.1 Å². The molecular formula is C19H13F5N6O2. The molecular weight excluding hydrogens is 439 g/mol. The Labute approximate surface area is 176 Å². The predicted octanol–water partition coefficient (Wildman–Crippen LogP) is 2.93. The Balaban J connectivity index is 1.62. The average Bonchev–Trinajstić information content (AvgIpc) is 3.28. The van der Waals surface area contributed by atoms with E-state index in [4.69, 9.17) is 0 Å². The molecule has 0 bridgehead atoms. The van der Waals surface area contributed by atoms with Gasteiger partial charge in [-0.3, -0.25) is 9.69 Å². The highest BCUT2D eigenvalue weighted by molar-refractivity contribution is 6.07. The summed E-state index contributed by atoms with van der Waals surface area (Å²) in [7, 11) is 0. The van der Waals surface area contributed by atoms with Crippen LogP contribution in [0.3, 0.4) is 0 Å². The highest BCUT2D eigenvalue weighted by Gasteiger charge is 2.50. The highest BCUT2D eigenvalue weighted by atomic mass is 19.4. The van der Waals surface area contributed by atoms with Crippen molar-refractivity contribution in [1.29, 1.82) is 0 Å². The van der Waals surface area contributed by atoms with E-state index in [9.17, 15) is 31.5 Å². The van der Waals surface area contributed by atoms with Crippen LogP contribution in [-0.2, 0) is 23.1 Å². The molecule has 1 saturated heterocycles. The second kappa shape index (κ2) is 7.35. The van der Waals surface area contributed by atoms with Crippen LogP contribution < -0.4 is 5.32 Å². The Hall–Kier alpha value is -3.90. The topological polar surface area (TPSA) is 93.0 Å². The molecule has 2 heterocycles. The van der Waals surface area contributed by atoms with Gasteiger partial charge in [0.2, 0.25) is 0 Å². The van der Waals surface area contributed by atoms with Gasteiger partial charge in [-0.1, -0.05) is 0 Å². The van der Waals surface area contributed by atoms with Gasteiger partial charge in [-0.15, -0.1) is 5.10 Å². The minimum atomic E-state index is -4.53. The van der Waals surface area contributed by atoms with Gasteiger partial charge in [0, 0.05) is 5.56 Å². The molecule has 1 N–H and O–H groups in total. The zero-order chi connectivity index (χ0) is 23.3. The van der Waals surface area contributed by atoms with Crippen molar-refractivity contribution in [2.75, 3.05) is 0 Å². The number of halogens is 5. The van der Waals surface area contributed by atoms with E-state index in [1.165, 1.54) is 6.92 Å². The van der Waals surface area contributed by atoms with Gasteiger partial charge in [0.25, 0.3) is 5.91 Å². The van der Waals surface area contributed by atoms with E-state index in [1.807, 2.05) is 0 Å². The van der Waals surface area contributed by atoms with Crippen molar-refractivity contribution in [2.24, 2.45) is 0 Å². The number of imide groups is 1.